The van der Waals surface area contributed by atoms with Crippen molar-refractivity contribution in [1.29, 1.82) is 0 Å². The fourth-order valence-electron chi connectivity index (χ4n) is 1.81. The molecule has 66 valence electrons. The van der Waals surface area contributed by atoms with Crippen molar-refractivity contribution in [3.63, 3.8) is 0 Å². The van der Waals surface area contributed by atoms with Gasteiger partial charge in [-0.2, -0.15) is 5.10 Å². The van der Waals surface area contributed by atoms with Gasteiger partial charge in [-0.3, -0.25) is 4.98 Å². The van der Waals surface area contributed by atoms with Crippen LogP contribution in [-0.2, 0) is 7.05 Å². The summed E-state index contributed by atoms with van der Waals surface area (Å²) in [5, 5.41) is 4.14. The van der Waals surface area contributed by atoms with Crippen LogP contribution in [0.3, 0.4) is 0 Å². The van der Waals surface area contributed by atoms with Crippen LogP contribution in [0.4, 0.5) is 0 Å². The molecule has 1 aromatic heterocycles. The van der Waals surface area contributed by atoms with Crippen molar-refractivity contribution < 1.29 is 0 Å². The summed E-state index contributed by atoms with van der Waals surface area (Å²) in [6, 6.07) is 0. The first-order chi connectivity index (χ1) is 5.77. The number of nitrogens with one attached hydrogen (secondary N) is 1. The number of rotatable bonds is 1. The molecule has 4 nitrogen and oxygen atoms in total. The Labute approximate surface area is 70.6 Å². The molecule has 4 heteroatoms. The first-order valence-electron chi connectivity index (χ1n) is 4.40. The van der Waals surface area contributed by atoms with Crippen molar-refractivity contribution in [2.24, 2.45) is 7.05 Å². The number of hydrogen-bond acceptors (Lipinski definition) is 2. The second-order valence-corrected chi connectivity index (χ2v) is 3.42. The average molecular weight is 167 g/mol. The molecule has 0 unspecified atom stereocenters. The summed E-state index contributed by atoms with van der Waals surface area (Å²) in [7, 11) is 1.68. The van der Waals surface area contributed by atoms with Gasteiger partial charge in [-0.1, -0.05) is 12.8 Å². The highest BCUT2D eigenvalue weighted by Gasteiger charge is 2.20. The summed E-state index contributed by atoms with van der Waals surface area (Å²) in [5.41, 5.74) is -0.100. The Morgan fingerprint density at radius 2 is 2.17 bits per heavy atom. The van der Waals surface area contributed by atoms with Gasteiger partial charge in [-0.05, 0) is 12.8 Å². The monoisotopic (exact) mass is 167 g/mol. The molecule has 12 heavy (non-hydrogen) atoms. The van der Waals surface area contributed by atoms with Gasteiger partial charge in [0, 0.05) is 13.0 Å². The van der Waals surface area contributed by atoms with Crippen molar-refractivity contribution in [2.45, 2.75) is 31.6 Å². The van der Waals surface area contributed by atoms with E-state index in [4.69, 9.17) is 0 Å². The molecule has 2 rings (SSSR count). The van der Waals surface area contributed by atoms with Crippen LogP contribution in [0.25, 0.3) is 0 Å². The van der Waals surface area contributed by atoms with Crippen LogP contribution in [0, 0.1) is 0 Å². The summed E-state index contributed by atoms with van der Waals surface area (Å²) in [4.78, 5) is 13.8. The molecule has 1 aromatic rings. The zero-order valence-electron chi connectivity index (χ0n) is 7.21. The Morgan fingerprint density at radius 3 is 2.67 bits per heavy atom. The Hall–Kier alpha value is -1.06. The summed E-state index contributed by atoms with van der Waals surface area (Å²) >= 11 is 0. The lowest BCUT2D eigenvalue weighted by molar-refractivity contribution is 0.645. The lowest BCUT2D eigenvalue weighted by atomic mass is 10.1. The minimum atomic E-state index is -0.100. The van der Waals surface area contributed by atoms with Gasteiger partial charge in [0.2, 0.25) is 0 Å². The van der Waals surface area contributed by atoms with Gasteiger partial charge in [0.25, 0.3) is 0 Å². The number of aryl methyl sites for hydroxylation is 1. The van der Waals surface area contributed by atoms with Crippen LogP contribution >= 0.6 is 0 Å². The van der Waals surface area contributed by atoms with E-state index in [9.17, 15) is 4.79 Å². The van der Waals surface area contributed by atoms with Gasteiger partial charge in [0.1, 0.15) is 5.82 Å². The molecule has 0 radical (unpaired) electrons. The number of hydrogen-bond donors (Lipinski definition) is 1. The van der Waals surface area contributed by atoms with Crippen molar-refractivity contribution in [1.82, 2.24) is 14.8 Å². The van der Waals surface area contributed by atoms with E-state index in [2.05, 4.69) is 10.1 Å². The molecule has 1 aliphatic rings. The van der Waals surface area contributed by atoms with E-state index in [0.29, 0.717) is 5.92 Å². The van der Waals surface area contributed by atoms with Gasteiger partial charge in [-0.25, -0.2) is 9.48 Å². The maximum Gasteiger partial charge on any atom is 0.343 e. The van der Waals surface area contributed by atoms with E-state index in [1.807, 2.05) is 0 Å². The summed E-state index contributed by atoms with van der Waals surface area (Å²) in [6.07, 6.45) is 4.88. The van der Waals surface area contributed by atoms with Crippen LogP contribution in [0.2, 0.25) is 0 Å². The molecule has 1 heterocycles. The summed E-state index contributed by atoms with van der Waals surface area (Å²) < 4.78 is 1.37. The van der Waals surface area contributed by atoms with E-state index in [-0.39, 0.29) is 5.69 Å². The zero-order valence-corrected chi connectivity index (χ0v) is 7.21. The molecule has 0 amide bonds. The Morgan fingerprint density at radius 1 is 1.50 bits per heavy atom. The van der Waals surface area contributed by atoms with E-state index in [1.54, 1.807) is 7.05 Å². The van der Waals surface area contributed by atoms with Crippen LogP contribution in [-0.4, -0.2) is 14.8 Å². The third kappa shape index (κ3) is 1.17. The molecule has 0 spiro atoms. The van der Waals surface area contributed by atoms with E-state index in [0.717, 1.165) is 5.82 Å². The Kier molecular flexibility index (Phi) is 1.75. The van der Waals surface area contributed by atoms with Crippen LogP contribution < -0.4 is 5.69 Å². The van der Waals surface area contributed by atoms with Gasteiger partial charge < -0.3 is 0 Å². The van der Waals surface area contributed by atoms with Crippen molar-refractivity contribution in [3.05, 3.63) is 16.3 Å². The van der Waals surface area contributed by atoms with E-state index >= 15 is 0 Å². The molecule has 0 atom stereocenters. The van der Waals surface area contributed by atoms with Gasteiger partial charge >= 0.3 is 5.69 Å². The third-order valence-electron chi connectivity index (χ3n) is 2.53. The van der Waals surface area contributed by atoms with Gasteiger partial charge in [-0.15, -0.1) is 0 Å². The maximum atomic E-state index is 11.0. The highest BCUT2D eigenvalue weighted by atomic mass is 16.1. The number of aromatic amines is 1. The quantitative estimate of drug-likeness (QED) is 0.671. The molecular weight excluding hydrogens is 154 g/mol. The number of aromatic nitrogens is 3. The molecule has 0 saturated heterocycles. The van der Waals surface area contributed by atoms with Crippen molar-refractivity contribution in [2.75, 3.05) is 0 Å². The second kappa shape index (κ2) is 2.77. The minimum absolute atomic E-state index is 0.100. The highest BCUT2D eigenvalue weighted by molar-refractivity contribution is 4.96. The second-order valence-electron chi connectivity index (χ2n) is 3.42. The summed E-state index contributed by atoms with van der Waals surface area (Å²) in [5.74, 6) is 1.37. The molecule has 0 aromatic carbocycles. The molecule has 1 N–H and O–H groups in total. The zero-order chi connectivity index (χ0) is 8.55. The molecule has 1 saturated carbocycles. The lowest BCUT2D eigenvalue weighted by Crippen LogP contribution is -2.13. The van der Waals surface area contributed by atoms with Crippen LogP contribution in [0.15, 0.2) is 4.79 Å². The fourth-order valence-corrected chi connectivity index (χ4v) is 1.81. The first-order valence-corrected chi connectivity index (χ1v) is 4.40. The predicted octanol–water partition coefficient (Wildman–Crippen LogP) is 0.766. The lowest BCUT2D eigenvalue weighted by Gasteiger charge is -2.01. The van der Waals surface area contributed by atoms with Crippen LogP contribution in [0.5, 0.6) is 0 Å². The standard InChI is InChI=1S/C8H13N3O/c1-11-8(12)9-7(10-11)6-4-2-3-5-6/h6H,2-5H2,1H3,(H,9,10,12). The fraction of sp³-hybridized carbons (Fsp3) is 0.750. The van der Waals surface area contributed by atoms with Crippen LogP contribution in [0.1, 0.15) is 37.4 Å². The molecule has 1 fully saturated rings. The highest BCUT2D eigenvalue weighted by Crippen LogP contribution is 2.31. The summed E-state index contributed by atoms with van der Waals surface area (Å²) in [6.45, 7) is 0. The average Bonchev–Trinajstić information content (AvgIpc) is 2.61. The largest absolute Gasteiger partial charge is 0.343 e. The Balaban J connectivity index is 2.27. The van der Waals surface area contributed by atoms with E-state index < -0.39 is 0 Å². The molecular formula is C8H13N3O. The molecule has 1 aliphatic carbocycles. The minimum Gasteiger partial charge on any atom is -0.293 e. The van der Waals surface area contributed by atoms with Gasteiger partial charge in [0.05, 0.1) is 0 Å². The number of nitrogens with zero attached hydrogens (tertiary/aromatic N) is 2. The smallest absolute Gasteiger partial charge is 0.293 e. The van der Waals surface area contributed by atoms with Crippen molar-refractivity contribution in [3.8, 4) is 0 Å². The predicted molar refractivity (Wildman–Crippen MR) is 45.0 cm³/mol. The van der Waals surface area contributed by atoms with Gasteiger partial charge in [0.15, 0.2) is 0 Å². The molecule has 0 bridgehead atoms. The SMILES string of the molecule is Cn1nc(C2CCCC2)[nH]c1=O. The Bertz CT molecular complexity index is 319. The topological polar surface area (TPSA) is 50.7 Å². The first kappa shape index (κ1) is 7.58. The number of H-pyrrole nitrogens is 1. The third-order valence-corrected chi connectivity index (χ3v) is 2.53. The normalized spacial score (nSPS) is 18.8. The van der Waals surface area contributed by atoms with E-state index in [1.165, 1.54) is 30.4 Å². The maximum absolute atomic E-state index is 11.0. The van der Waals surface area contributed by atoms with Crippen molar-refractivity contribution >= 4 is 0 Å². The molecule has 0 aliphatic heterocycles.